The summed E-state index contributed by atoms with van der Waals surface area (Å²) in [6.45, 7) is 10.5. The van der Waals surface area contributed by atoms with Crippen molar-refractivity contribution in [3.8, 4) is 0 Å². The lowest BCUT2D eigenvalue weighted by Crippen LogP contribution is -2.34. The first kappa shape index (κ1) is 14.7. The Morgan fingerprint density at radius 2 is 2.17 bits per heavy atom. The fourth-order valence-corrected chi connectivity index (χ4v) is 1.65. The molecule has 1 aromatic rings. The number of rotatable bonds is 7. The zero-order valence-corrected chi connectivity index (χ0v) is 11.7. The summed E-state index contributed by atoms with van der Waals surface area (Å²) in [6, 6.07) is -0.222. The van der Waals surface area contributed by atoms with Crippen molar-refractivity contribution in [2.45, 2.75) is 40.3 Å². The molecule has 0 bridgehead atoms. The van der Waals surface area contributed by atoms with Gasteiger partial charge in [-0.1, -0.05) is 20.8 Å². The Morgan fingerprint density at radius 1 is 1.44 bits per heavy atom. The van der Waals surface area contributed by atoms with Gasteiger partial charge in [0.05, 0.1) is 12.0 Å². The molecule has 0 fully saturated rings. The highest BCUT2D eigenvalue weighted by Crippen LogP contribution is 2.10. The minimum absolute atomic E-state index is 0.0412. The molecular weight excluding hydrogens is 228 g/mol. The van der Waals surface area contributed by atoms with Gasteiger partial charge in [-0.05, 0) is 19.4 Å². The van der Waals surface area contributed by atoms with E-state index in [2.05, 4.69) is 36.4 Å². The van der Waals surface area contributed by atoms with Crippen molar-refractivity contribution in [3.63, 3.8) is 0 Å². The van der Waals surface area contributed by atoms with Crippen molar-refractivity contribution < 1.29 is 4.79 Å². The molecule has 0 aromatic carbocycles. The molecule has 0 spiro atoms. The maximum Gasteiger partial charge on any atom is 0.242 e. The topological polar surface area (TPSA) is 59.0 Å². The van der Waals surface area contributed by atoms with E-state index >= 15 is 0 Å². The Hall–Kier alpha value is -1.36. The van der Waals surface area contributed by atoms with Gasteiger partial charge in [0.15, 0.2) is 0 Å². The van der Waals surface area contributed by atoms with Gasteiger partial charge >= 0.3 is 0 Å². The van der Waals surface area contributed by atoms with E-state index in [1.165, 1.54) is 0 Å². The molecule has 0 aliphatic heterocycles. The third kappa shape index (κ3) is 4.14. The number of nitrogens with zero attached hydrogens (tertiary/aromatic N) is 2. The summed E-state index contributed by atoms with van der Waals surface area (Å²) in [4.78, 5) is 16.1. The lowest BCUT2D eigenvalue weighted by Gasteiger charge is -2.17. The number of hydrogen-bond acceptors (Lipinski definition) is 3. The highest BCUT2D eigenvalue weighted by molar-refractivity contribution is 5.79. The van der Waals surface area contributed by atoms with Crippen LogP contribution in [-0.4, -0.2) is 28.5 Å². The predicted molar refractivity (Wildman–Crippen MR) is 72.2 cm³/mol. The SMILES string of the molecule is CCNCc1cncn1C(C)C(=O)NCC(C)C. The molecule has 2 N–H and O–H groups in total. The number of carbonyl (C=O) groups is 1. The number of amides is 1. The highest BCUT2D eigenvalue weighted by atomic mass is 16.2. The molecule has 1 rings (SSSR count). The highest BCUT2D eigenvalue weighted by Gasteiger charge is 2.17. The zero-order valence-electron chi connectivity index (χ0n) is 11.7. The van der Waals surface area contributed by atoms with E-state index in [0.717, 1.165) is 18.8 Å². The smallest absolute Gasteiger partial charge is 0.242 e. The minimum Gasteiger partial charge on any atom is -0.354 e. The van der Waals surface area contributed by atoms with Gasteiger partial charge in [-0.3, -0.25) is 4.79 Å². The maximum absolute atomic E-state index is 12.0. The first-order valence-corrected chi connectivity index (χ1v) is 6.55. The summed E-state index contributed by atoms with van der Waals surface area (Å²) < 4.78 is 1.92. The van der Waals surface area contributed by atoms with Gasteiger partial charge in [-0.2, -0.15) is 0 Å². The Kier molecular flexibility index (Phi) is 5.85. The summed E-state index contributed by atoms with van der Waals surface area (Å²) in [5.74, 6) is 0.504. The summed E-state index contributed by atoms with van der Waals surface area (Å²) in [5, 5.41) is 6.19. The van der Waals surface area contributed by atoms with Gasteiger partial charge in [0.1, 0.15) is 6.04 Å². The molecule has 5 heteroatoms. The van der Waals surface area contributed by atoms with Gasteiger partial charge in [0.25, 0.3) is 0 Å². The summed E-state index contributed by atoms with van der Waals surface area (Å²) in [7, 11) is 0. The molecule has 0 aliphatic carbocycles. The Morgan fingerprint density at radius 3 is 2.78 bits per heavy atom. The molecule has 5 nitrogen and oxygen atoms in total. The van der Waals surface area contributed by atoms with Crippen molar-refractivity contribution >= 4 is 5.91 Å². The largest absolute Gasteiger partial charge is 0.354 e. The standard InChI is InChI=1S/C13H24N4O/c1-5-14-7-12-8-15-9-17(12)11(4)13(18)16-6-10(2)3/h8-11,14H,5-7H2,1-4H3,(H,16,18). The number of imidazole rings is 1. The molecular formula is C13H24N4O. The Labute approximate surface area is 109 Å². The number of nitrogens with one attached hydrogen (secondary N) is 2. The van der Waals surface area contributed by atoms with Crippen LogP contribution in [0.2, 0.25) is 0 Å². The van der Waals surface area contributed by atoms with Crippen molar-refractivity contribution in [3.05, 3.63) is 18.2 Å². The van der Waals surface area contributed by atoms with Crippen LogP contribution in [0.4, 0.5) is 0 Å². The van der Waals surface area contributed by atoms with E-state index < -0.39 is 0 Å². The molecule has 1 aromatic heterocycles. The monoisotopic (exact) mass is 252 g/mol. The van der Waals surface area contributed by atoms with E-state index in [1.807, 2.05) is 11.5 Å². The third-order valence-electron chi connectivity index (χ3n) is 2.78. The van der Waals surface area contributed by atoms with Gasteiger partial charge in [-0.15, -0.1) is 0 Å². The third-order valence-corrected chi connectivity index (χ3v) is 2.78. The molecule has 1 amide bonds. The van der Waals surface area contributed by atoms with Crippen LogP contribution >= 0.6 is 0 Å². The fourth-order valence-electron chi connectivity index (χ4n) is 1.65. The summed E-state index contributed by atoms with van der Waals surface area (Å²) >= 11 is 0. The first-order valence-electron chi connectivity index (χ1n) is 6.55. The van der Waals surface area contributed by atoms with Crippen LogP contribution in [0.15, 0.2) is 12.5 Å². The molecule has 1 heterocycles. The average Bonchev–Trinajstić information content (AvgIpc) is 2.80. The van der Waals surface area contributed by atoms with Crippen molar-refractivity contribution in [2.24, 2.45) is 5.92 Å². The van der Waals surface area contributed by atoms with Crippen LogP contribution in [0.25, 0.3) is 0 Å². The van der Waals surface area contributed by atoms with Crippen LogP contribution < -0.4 is 10.6 Å². The first-order chi connectivity index (χ1) is 8.56. The summed E-state index contributed by atoms with van der Waals surface area (Å²) in [5.41, 5.74) is 1.03. The summed E-state index contributed by atoms with van der Waals surface area (Å²) in [6.07, 6.45) is 3.52. The van der Waals surface area contributed by atoms with Crippen LogP contribution in [-0.2, 0) is 11.3 Å². The Balaban J connectivity index is 2.62. The number of aromatic nitrogens is 2. The average molecular weight is 252 g/mol. The van der Waals surface area contributed by atoms with Crippen molar-refractivity contribution in [2.75, 3.05) is 13.1 Å². The fraction of sp³-hybridized carbons (Fsp3) is 0.692. The molecule has 18 heavy (non-hydrogen) atoms. The predicted octanol–water partition coefficient (Wildman–Crippen LogP) is 1.33. The van der Waals surface area contributed by atoms with Gasteiger partial charge in [0, 0.05) is 19.3 Å². The normalized spacial score (nSPS) is 12.7. The van der Waals surface area contributed by atoms with Crippen molar-refractivity contribution in [1.29, 1.82) is 0 Å². The molecule has 0 radical (unpaired) electrons. The minimum atomic E-state index is -0.222. The van der Waals surface area contributed by atoms with Gasteiger partial charge in [0.2, 0.25) is 5.91 Å². The Bertz CT molecular complexity index is 373. The van der Waals surface area contributed by atoms with E-state index in [4.69, 9.17) is 0 Å². The molecule has 1 atom stereocenters. The van der Waals surface area contributed by atoms with Crippen LogP contribution in [0.3, 0.4) is 0 Å². The maximum atomic E-state index is 12.0. The van der Waals surface area contributed by atoms with Crippen LogP contribution in [0, 0.1) is 5.92 Å². The lowest BCUT2D eigenvalue weighted by atomic mass is 10.2. The second kappa shape index (κ2) is 7.16. The lowest BCUT2D eigenvalue weighted by molar-refractivity contribution is -0.124. The molecule has 0 saturated carbocycles. The van der Waals surface area contributed by atoms with Crippen molar-refractivity contribution in [1.82, 2.24) is 20.2 Å². The van der Waals surface area contributed by atoms with Crippen LogP contribution in [0.1, 0.15) is 39.4 Å². The second-order valence-electron chi connectivity index (χ2n) is 4.89. The quantitative estimate of drug-likeness (QED) is 0.769. The van der Waals surface area contributed by atoms with E-state index in [0.29, 0.717) is 12.5 Å². The molecule has 1 unspecified atom stereocenters. The van der Waals surface area contributed by atoms with Crippen LogP contribution in [0.5, 0.6) is 0 Å². The number of carbonyl (C=O) groups excluding carboxylic acids is 1. The van der Waals surface area contributed by atoms with Gasteiger partial charge < -0.3 is 15.2 Å². The molecule has 102 valence electrons. The molecule has 0 saturated heterocycles. The van der Waals surface area contributed by atoms with E-state index in [1.54, 1.807) is 12.5 Å². The van der Waals surface area contributed by atoms with Gasteiger partial charge in [-0.25, -0.2) is 4.98 Å². The zero-order chi connectivity index (χ0) is 13.5. The number of hydrogen-bond donors (Lipinski definition) is 2. The molecule has 0 aliphatic rings. The van der Waals surface area contributed by atoms with E-state index in [9.17, 15) is 4.79 Å². The van der Waals surface area contributed by atoms with E-state index in [-0.39, 0.29) is 11.9 Å². The second-order valence-corrected chi connectivity index (χ2v) is 4.89.